The topological polar surface area (TPSA) is 46.9 Å². The molecular formula is C22H22ClN3O. The van der Waals surface area contributed by atoms with E-state index >= 15 is 0 Å². The summed E-state index contributed by atoms with van der Waals surface area (Å²) >= 11 is 5.93. The van der Waals surface area contributed by atoms with Crippen molar-refractivity contribution in [1.82, 2.24) is 9.78 Å². The SMILES string of the molecule is O=C(Nc1cc(-c2ccccc2)nn1C1CCCCC1)c1ccc(Cl)cc1. The molecule has 0 atom stereocenters. The molecule has 27 heavy (non-hydrogen) atoms. The molecule has 1 aromatic heterocycles. The van der Waals surface area contributed by atoms with Crippen LogP contribution in [0, 0.1) is 0 Å². The Labute approximate surface area is 164 Å². The Morgan fingerprint density at radius 3 is 2.41 bits per heavy atom. The Morgan fingerprint density at radius 1 is 1.00 bits per heavy atom. The van der Waals surface area contributed by atoms with Gasteiger partial charge in [-0.1, -0.05) is 61.2 Å². The molecule has 3 aromatic rings. The summed E-state index contributed by atoms with van der Waals surface area (Å²) in [4.78, 5) is 12.7. The highest BCUT2D eigenvalue weighted by Crippen LogP contribution is 2.33. The number of halogens is 1. The van der Waals surface area contributed by atoms with Crippen LogP contribution in [0.5, 0.6) is 0 Å². The average Bonchev–Trinajstić information content (AvgIpc) is 3.13. The zero-order chi connectivity index (χ0) is 18.6. The second-order valence-corrected chi connectivity index (χ2v) is 7.41. The summed E-state index contributed by atoms with van der Waals surface area (Å²) in [5.41, 5.74) is 2.51. The number of aromatic nitrogens is 2. The molecule has 1 saturated carbocycles. The summed E-state index contributed by atoms with van der Waals surface area (Å²) in [6, 6.07) is 19.3. The van der Waals surface area contributed by atoms with Crippen molar-refractivity contribution in [2.45, 2.75) is 38.1 Å². The number of anilines is 1. The summed E-state index contributed by atoms with van der Waals surface area (Å²) in [5, 5.41) is 8.51. The molecule has 4 nitrogen and oxygen atoms in total. The normalized spacial score (nSPS) is 14.9. The van der Waals surface area contributed by atoms with Crippen molar-refractivity contribution in [2.24, 2.45) is 0 Å². The van der Waals surface area contributed by atoms with Gasteiger partial charge in [-0.3, -0.25) is 4.79 Å². The Hall–Kier alpha value is -2.59. The van der Waals surface area contributed by atoms with Crippen LogP contribution in [0.25, 0.3) is 11.3 Å². The number of nitrogens with zero attached hydrogens (tertiary/aromatic N) is 2. The molecule has 0 bridgehead atoms. The first-order valence-corrected chi connectivity index (χ1v) is 9.80. The van der Waals surface area contributed by atoms with E-state index in [1.807, 2.05) is 41.1 Å². The third kappa shape index (κ3) is 4.06. The fourth-order valence-corrected chi connectivity index (χ4v) is 3.76. The van der Waals surface area contributed by atoms with Crippen molar-refractivity contribution in [3.05, 3.63) is 71.2 Å². The lowest BCUT2D eigenvalue weighted by Gasteiger charge is -2.24. The summed E-state index contributed by atoms with van der Waals surface area (Å²) in [5.74, 6) is 0.601. The molecular weight excluding hydrogens is 358 g/mol. The molecule has 138 valence electrons. The molecule has 0 aliphatic heterocycles. The van der Waals surface area contributed by atoms with Gasteiger partial charge >= 0.3 is 0 Å². The average molecular weight is 380 g/mol. The summed E-state index contributed by atoms with van der Waals surface area (Å²) in [7, 11) is 0. The smallest absolute Gasteiger partial charge is 0.256 e. The minimum atomic E-state index is -0.150. The third-order valence-corrected chi connectivity index (χ3v) is 5.33. The number of hydrogen-bond donors (Lipinski definition) is 1. The zero-order valence-electron chi connectivity index (χ0n) is 15.1. The first-order chi connectivity index (χ1) is 13.2. The predicted octanol–water partition coefficient (Wildman–Crippen LogP) is 5.96. The highest BCUT2D eigenvalue weighted by molar-refractivity contribution is 6.30. The van der Waals surface area contributed by atoms with Crippen LogP contribution in [0.4, 0.5) is 5.82 Å². The maximum Gasteiger partial charge on any atom is 0.256 e. The first-order valence-electron chi connectivity index (χ1n) is 9.42. The molecule has 1 heterocycles. The number of hydrogen-bond acceptors (Lipinski definition) is 2. The van der Waals surface area contributed by atoms with Crippen LogP contribution < -0.4 is 5.32 Å². The van der Waals surface area contributed by atoms with Crippen molar-refractivity contribution < 1.29 is 4.79 Å². The van der Waals surface area contributed by atoms with E-state index in [0.717, 1.165) is 29.9 Å². The molecule has 1 aliphatic carbocycles. The molecule has 0 unspecified atom stereocenters. The summed E-state index contributed by atoms with van der Waals surface area (Å²) in [6.07, 6.45) is 5.88. The van der Waals surface area contributed by atoms with Gasteiger partial charge in [-0.15, -0.1) is 0 Å². The highest BCUT2D eigenvalue weighted by Gasteiger charge is 2.21. The number of carbonyl (C=O) groups excluding carboxylic acids is 1. The van der Waals surface area contributed by atoms with E-state index in [4.69, 9.17) is 16.7 Å². The molecule has 1 N–H and O–H groups in total. The van der Waals surface area contributed by atoms with Crippen molar-refractivity contribution >= 4 is 23.3 Å². The minimum absolute atomic E-state index is 0.150. The summed E-state index contributed by atoms with van der Waals surface area (Å²) < 4.78 is 2.01. The molecule has 4 rings (SSSR count). The quantitative estimate of drug-likeness (QED) is 0.607. The van der Waals surface area contributed by atoms with Crippen molar-refractivity contribution in [3.8, 4) is 11.3 Å². The van der Waals surface area contributed by atoms with E-state index in [9.17, 15) is 4.79 Å². The second kappa shape index (κ2) is 7.97. The molecule has 0 spiro atoms. The van der Waals surface area contributed by atoms with E-state index < -0.39 is 0 Å². The Morgan fingerprint density at radius 2 is 1.70 bits per heavy atom. The van der Waals surface area contributed by atoms with Crippen LogP contribution in [0.1, 0.15) is 48.5 Å². The van der Waals surface area contributed by atoms with Crippen LogP contribution >= 0.6 is 11.6 Å². The molecule has 1 fully saturated rings. The van der Waals surface area contributed by atoms with Gasteiger partial charge in [-0.05, 0) is 37.1 Å². The molecule has 1 aliphatic rings. The van der Waals surface area contributed by atoms with E-state index in [0.29, 0.717) is 16.6 Å². The number of amides is 1. The standard InChI is InChI=1S/C22H22ClN3O/c23-18-13-11-17(12-14-18)22(27)24-21-15-20(16-7-3-1-4-8-16)25-26(21)19-9-5-2-6-10-19/h1,3-4,7-8,11-15,19H,2,5-6,9-10H2,(H,24,27). The van der Waals surface area contributed by atoms with E-state index in [-0.39, 0.29) is 5.91 Å². The lowest BCUT2D eigenvalue weighted by Crippen LogP contribution is -2.20. The summed E-state index contributed by atoms with van der Waals surface area (Å²) in [6.45, 7) is 0. The fourth-order valence-electron chi connectivity index (χ4n) is 3.63. The van der Waals surface area contributed by atoms with Gasteiger partial charge in [-0.25, -0.2) is 4.68 Å². The van der Waals surface area contributed by atoms with Gasteiger partial charge in [0.2, 0.25) is 0 Å². The van der Waals surface area contributed by atoms with Gasteiger partial charge in [0, 0.05) is 22.2 Å². The maximum atomic E-state index is 12.7. The largest absolute Gasteiger partial charge is 0.307 e. The Kier molecular flexibility index (Phi) is 5.26. The van der Waals surface area contributed by atoms with Crippen molar-refractivity contribution in [2.75, 3.05) is 5.32 Å². The first kappa shape index (κ1) is 17.8. The fraction of sp³-hybridized carbons (Fsp3) is 0.273. The van der Waals surface area contributed by atoms with Gasteiger partial charge in [0.25, 0.3) is 5.91 Å². The van der Waals surface area contributed by atoms with Crippen molar-refractivity contribution in [3.63, 3.8) is 0 Å². The number of rotatable bonds is 4. The molecule has 1 amide bonds. The van der Waals surface area contributed by atoms with Gasteiger partial charge in [0.1, 0.15) is 5.82 Å². The van der Waals surface area contributed by atoms with Gasteiger partial charge in [0.15, 0.2) is 0 Å². The minimum Gasteiger partial charge on any atom is -0.307 e. The van der Waals surface area contributed by atoms with Gasteiger partial charge in [-0.2, -0.15) is 5.10 Å². The van der Waals surface area contributed by atoms with E-state index in [1.165, 1.54) is 19.3 Å². The van der Waals surface area contributed by atoms with Crippen LogP contribution in [0.15, 0.2) is 60.7 Å². The lowest BCUT2D eigenvalue weighted by molar-refractivity contribution is 0.102. The monoisotopic (exact) mass is 379 g/mol. The van der Waals surface area contributed by atoms with Crippen molar-refractivity contribution in [1.29, 1.82) is 0 Å². The molecule has 5 heteroatoms. The second-order valence-electron chi connectivity index (χ2n) is 6.98. The highest BCUT2D eigenvalue weighted by atomic mass is 35.5. The molecule has 0 saturated heterocycles. The van der Waals surface area contributed by atoms with E-state index in [2.05, 4.69) is 5.32 Å². The zero-order valence-corrected chi connectivity index (χ0v) is 15.8. The Bertz CT molecular complexity index is 912. The van der Waals surface area contributed by atoms with Crippen LogP contribution in [-0.2, 0) is 0 Å². The van der Waals surface area contributed by atoms with E-state index in [1.54, 1.807) is 24.3 Å². The van der Waals surface area contributed by atoms with Crippen LogP contribution in [0.3, 0.4) is 0 Å². The number of carbonyl (C=O) groups is 1. The molecule has 2 aromatic carbocycles. The van der Waals surface area contributed by atoms with Crippen LogP contribution in [0.2, 0.25) is 5.02 Å². The maximum absolute atomic E-state index is 12.7. The van der Waals surface area contributed by atoms with Gasteiger partial charge in [0.05, 0.1) is 11.7 Å². The Balaban J connectivity index is 1.65. The lowest BCUT2D eigenvalue weighted by atomic mass is 9.96. The number of benzene rings is 2. The van der Waals surface area contributed by atoms with Crippen LogP contribution in [-0.4, -0.2) is 15.7 Å². The van der Waals surface area contributed by atoms with Gasteiger partial charge < -0.3 is 5.32 Å². The predicted molar refractivity (Wildman–Crippen MR) is 109 cm³/mol. The third-order valence-electron chi connectivity index (χ3n) is 5.07. The molecule has 0 radical (unpaired) electrons. The number of nitrogens with one attached hydrogen (secondary N) is 1.